The van der Waals surface area contributed by atoms with Crippen molar-refractivity contribution < 1.29 is 4.57 Å². The fourth-order valence-electron chi connectivity index (χ4n) is 6.19. The molecule has 3 heterocycles. The molecule has 3 nitrogen and oxygen atoms in total. The summed E-state index contributed by atoms with van der Waals surface area (Å²) in [7, 11) is -3.27. The lowest BCUT2D eigenvalue weighted by Crippen LogP contribution is -2.26. The Balaban J connectivity index is 1.73. The number of aromatic nitrogens is 2. The summed E-state index contributed by atoms with van der Waals surface area (Å²) in [5.41, 5.74) is 5.85. The molecule has 1 atom stereocenters. The van der Waals surface area contributed by atoms with Gasteiger partial charge >= 0.3 is 0 Å². The van der Waals surface area contributed by atoms with Crippen LogP contribution in [0.15, 0.2) is 128 Å². The topological polar surface area (TPSA) is 42.9 Å². The lowest BCUT2D eigenvalue weighted by atomic mass is 9.86. The molecule has 1 aliphatic heterocycles. The molecule has 0 amide bonds. The van der Waals surface area contributed by atoms with E-state index in [1.807, 2.05) is 73.1 Å². The van der Waals surface area contributed by atoms with Gasteiger partial charge in [0.2, 0.25) is 0 Å². The van der Waals surface area contributed by atoms with Gasteiger partial charge in [-0.1, -0.05) is 97.1 Å². The van der Waals surface area contributed by atoms with Crippen molar-refractivity contribution in [3.8, 4) is 22.3 Å². The zero-order chi connectivity index (χ0) is 25.3. The monoisotopic (exact) mass is 504 g/mol. The van der Waals surface area contributed by atoms with Crippen LogP contribution in [0, 0.1) is 0 Å². The number of hydrogen-bond donors (Lipinski definition) is 0. The summed E-state index contributed by atoms with van der Waals surface area (Å²) in [6, 6.07) is 39.0. The van der Waals surface area contributed by atoms with Gasteiger partial charge in [0.15, 0.2) is 7.14 Å². The highest BCUT2D eigenvalue weighted by Gasteiger charge is 2.39. The minimum absolute atomic E-state index is 0.835. The predicted octanol–water partition coefficient (Wildman–Crippen LogP) is 7.22. The van der Waals surface area contributed by atoms with Gasteiger partial charge in [-0.3, -0.25) is 9.97 Å². The van der Waals surface area contributed by atoms with E-state index in [1.54, 1.807) is 0 Å². The summed E-state index contributed by atoms with van der Waals surface area (Å²) in [4.78, 5) is 9.62. The van der Waals surface area contributed by atoms with E-state index in [0.717, 1.165) is 70.7 Å². The van der Waals surface area contributed by atoms with Crippen LogP contribution >= 0.6 is 7.14 Å². The maximum absolute atomic E-state index is 15.9. The van der Waals surface area contributed by atoms with Crippen LogP contribution < -0.4 is 15.9 Å². The Bertz CT molecular complexity index is 2120. The Hall–Kier alpha value is -4.59. The molecule has 0 saturated heterocycles. The van der Waals surface area contributed by atoms with E-state index in [9.17, 15) is 0 Å². The average molecular weight is 505 g/mol. The second-order valence-electron chi connectivity index (χ2n) is 9.69. The Morgan fingerprint density at radius 2 is 1.11 bits per heavy atom. The first-order valence-electron chi connectivity index (χ1n) is 12.7. The molecular formula is C34H21N2OP. The third-order valence-electron chi connectivity index (χ3n) is 7.76. The summed E-state index contributed by atoms with van der Waals surface area (Å²) >= 11 is 0. The van der Waals surface area contributed by atoms with Crippen molar-refractivity contribution in [3.05, 3.63) is 128 Å². The molecular weight excluding hydrogens is 483 g/mol. The number of benzene rings is 5. The van der Waals surface area contributed by atoms with Crippen molar-refractivity contribution >= 4 is 55.6 Å². The molecule has 0 bridgehead atoms. The predicted molar refractivity (Wildman–Crippen MR) is 158 cm³/mol. The van der Waals surface area contributed by atoms with Gasteiger partial charge in [-0.2, -0.15) is 0 Å². The SMILES string of the molecule is O=P1(c2ccccc2)c2ccccc2-c2c(c3cccnc3c3ncccc23)-c2c1ccc1ccccc21. The summed E-state index contributed by atoms with van der Waals surface area (Å²) in [6.45, 7) is 0. The van der Waals surface area contributed by atoms with Gasteiger partial charge in [-0.25, -0.2) is 0 Å². The Morgan fingerprint density at radius 1 is 0.474 bits per heavy atom. The van der Waals surface area contributed by atoms with Crippen LogP contribution in [-0.2, 0) is 4.57 Å². The fourth-order valence-corrected chi connectivity index (χ4v) is 9.25. The Labute approximate surface area is 219 Å². The fraction of sp³-hybridized carbons (Fsp3) is 0. The summed E-state index contributed by atoms with van der Waals surface area (Å²) in [6.07, 6.45) is 3.65. The second kappa shape index (κ2) is 7.95. The first-order chi connectivity index (χ1) is 18.8. The van der Waals surface area contributed by atoms with Gasteiger partial charge < -0.3 is 4.57 Å². The number of pyridine rings is 2. The highest BCUT2D eigenvalue weighted by Crippen LogP contribution is 2.55. The van der Waals surface area contributed by atoms with Gasteiger partial charge in [0.05, 0.1) is 11.0 Å². The molecule has 4 heteroatoms. The van der Waals surface area contributed by atoms with E-state index in [-0.39, 0.29) is 0 Å². The van der Waals surface area contributed by atoms with Crippen molar-refractivity contribution in [2.75, 3.05) is 0 Å². The van der Waals surface area contributed by atoms with E-state index >= 15 is 4.57 Å². The van der Waals surface area contributed by atoms with E-state index in [4.69, 9.17) is 9.97 Å². The van der Waals surface area contributed by atoms with Crippen LogP contribution in [0.4, 0.5) is 0 Å². The minimum atomic E-state index is -3.27. The van der Waals surface area contributed by atoms with Crippen molar-refractivity contribution in [2.24, 2.45) is 0 Å². The maximum atomic E-state index is 15.9. The standard InChI is InChI=1S/C34H21N2OP/c37-38(23-11-2-1-3-12-23)28-17-7-6-14-25(28)30-26-15-8-20-35-33(26)34-27(16-9-21-36-34)32(30)31-24-13-5-4-10-22(24)18-19-29(31)38/h1-21H. The van der Waals surface area contributed by atoms with Crippen LogP contribution in [0.5, 0.6) is 0 Å². The molecule has 7 aromatic rings. The van der Waals surface area contributed by atoms with Crippen LogP contribution in [0.1, 0.15) is 0 Å². The number of nitrogens with zero attached hydrogens (tertiary/aromatic N) is 2. The van der Waals surface area contributed by atoms with Gasteiger partial charge in [0, 0.05) is 55.8 Å². The molecule has 5 aromatic carbocycles. The average Bonchev–Trinajstić information content (AvgIpc) is 3.10. The molecule has 2 aromatic heterocycles. The maximum Gasteiger partial charge on any atom is 0.172 e. The molecule has 0 radical (unpaired) electrons. The zero-order valence-electron chi connectivity index (χ0n) is 20.4. The second-order valence-corrected chi connectivity index (χ2v) is 12.4. The van der Waals surface area contributed by atoms with Gasteiger partial charge in [0.1, 0.15) is 0 Å². The van der Waals surface area contributed by atoms with Crippen LogP contribution in [-0.4, -0.2) is 9.97 Å². The molecule has 38 heavy (non-hydrogen) atoms. The smallest absolute Gasteiger partial charge is 0.172 e. The molecule has 0 aliphatic carbocycles. The Kier molecular flexibility index (Phi) is 4.50. The first kappa shape index (κ1) is 21.5. The van der Waals surface area contributed by atoms with E-state index in [2.05, 4.69) is 54.6 Å². The van der Waals surface area contributed by atoms with E-state index < -0.39 is 7.14 Å². The van der Waals surface area contributed by atoms with Crippen molar-refractivity contribution in [1.29, 1.82) is 0 Å². The molecule has 1 aliphatic rings. The highest BCUT2D eigenvalue weighted by atomic mass is 31.2. The minimum Gasteiger partial charge on any atom is -0.309 e. The van der Waals surface area contributed by atoms with Crippen molar-refractivity contribution in [3.63, 3.8) is 0 Å². The number of fused-ring (bicyclic) bond motifs is 12. The van der Waals surface area contributed by atoms with E-state index in [1.165, 1.54) is 0 Å². The normalized spacial score (nSPS) is 16.1. The zero-order valence-corrected chi connectivity index (χ0v) is 21.3. The van der Waals surface area contributed by atoms with Crippen LogP contribution in [0.3, 0.4) is 0 Å². The molecule has 0 spiro atoms. The first-order valence-corrected chi connectivity index (χ1v) is 14.4. The lowest BCUT2D eigenvalue weighted by Gasteiger charge is -2.23. The summed E-state index contributed by atoms with van der Waals surface area (Å²) in [5, 5.41) is 6.79. The quantitative estimate of drug-likeness (QED) is 0.175. The van der Waals surface area contributed by atoms with Crippen molar-refractivity contribution in [2.45, 2.75) is 0 Å². The molecule has 0 fully saturated rings. The number of hydrogen-bond acceptors (Lipinski definition) is 3. The van der Waals surface area contributed by atoms with Crippen LogP contribution in [0.2, 0.25) is 0 Å². The Morgan fingerprint density at radius 3 is 1.89 bits per heavy atom. The summed E-state index contributed by atoms with van der Waals surface area (Å²) in [5.74, 6) is 0. The third-order valence-corrected chi connectivity index (χ3v) is 10.9. The molecule has 8 rings (SSSR count). The highest BCUT2D eigenvalue weighted by molar-refractivity contribution is 7.85. The third kappa shape index (κ3) is 2.77. The molecule has 0 N–H and O–H groups in total. The number of rotatable bonds is 1. The van der Waals surface area contributed by atoms with Gasteiger partial charge in [-0.05, 0) is 34.5 Å². The van der Waals surface area contributed by atoms with Crippen molar-refractivity contribution in [1.82, 2.24) is 9.97 Å². The molecule has 0 saturated carbocycles. The molecule has 1 unspecified atom stereocenters. The van der Waals surface area contributed by atoms with E-state index in [0.29, 0.717) is 0 Å². The largest absolute Gasteiger partial charge is 0.309 e. The van der Waals surface area contributed by atoms with Crippen LogP contribution in [0.25, 0.3) is 54.8 Å². The van der Waals surface area contributed by atoms with Gasteiger partial charge in [-0.15, -0.1) is 0 Å². The summed E-state index contributed by atoms with van der Waals surface area (Å²) < 4.78 is 15.9. The molecule has 178 valence electrons. The van der Waals surface area contributed by atoms with Gasteiger partial charge in [0.25, 0.3) is 0 Å². The lowest BCUT2D eigenvalue weighted by molar-refractivity contribution is 0.592.